The number of carbonyl (C=O) groups is 1. The smallest absolute Gasteiger partial charge is 0.300 e. The highest BCUT2D eigenvalue weighted by atomic mass is 16.5. The van der Waals surface area contributed by atoms with Crippen molar-refractivity contribution in [3.63, 3.8) is 0 Å². The van der Waals surface area contributed by atoms with Gasteiger partial charge >= 0.3 is 0 Å². The third-order valence-electron chi connectivity index (χ3n) is 2.67. The van der Waals surface area contributed by atoms with Crippen molar-refractivity contribution in [1.29, 1.82) is 0 Å². The molecule has 2 heterocycles. The predicted molar refractivity (Wildman–Crippen MR) is 54.7 cm³/mol. The van der Waals surface area contributed by atoms with E-state index in [-0.39, 0.29) is 12.7 Å². The molecule has 2 atom stereocenters. The molecule has 0 aliphatic carbocycles. The van der Waals surface area contributed by atoms with Crippen LogP contribution in [0.1, 0.15) is 19.8 Å². The van der Waals surface area contributed by atoms with Crippen LogP contribution in [0.3, 0.4) is 0 Å². The van der Waals surface area contributed by atoms with Crippen molar-refractivity contribution in [2.75, 3.05) is 26.3 Å². The maximum atomic E-state index is 9.00. The number of aliphatic carboxylic acids is 1. The van der Waals surface area contributed by atoms with E-state index in [2.05, 4.69) is 4.90 Å². The second-order valence-electron chi connectivity index (χ2n) is 3.95. The van der Waals surface area contributed by atoms with Gasteiger partial charge < -0.3 is 14.9 Å². The van der Waals surface area contributed by atoms with E-state index in [0.717, 1.165) is 20.1 Å². The monoisotopic (exact) mass is 217 g/mol. The van der Waals surface area contributed by atoms with Gasteiger partial charge in [-0.15, -0.1) is 0 Å². The van der Waals surface area contributed by atoms with E-state index in [1.54, 1.807) is 0 Å². The van der Waals surface area contributed by atoms with Crippen LogP contribution in [0.5, 0.6) is 0 Å². The second kappa shape index (κ2) is 6.05. The van der Waals surface area contributed by atoms with Crippen LogP contribution in [0.25, 0.3) is 0 Å². The number of rotatable bonds is 1. The van der Waals surface area contributed by atoms with Crippen molar-refractivity contribution in [3.8, 4) is 0 Å². The van der Waals surface area contributed by atoms with E-state index >= 15 is 0 Å². The molecule has 0 aromatic rings. The quantitative estimate of drug-likeness (QED) is 0.643. The van der Waals surface area contributed by atoms with Crippen LogP contribution >= 0.6 is 0 Å². The van der Waals surface area contributed by atoms with E-state index in [1.807, 2.05) is 0 Å². The zero-order valence-electron chi connectivity index (χ0n) is 9.06. The number of hydrogen-bond acceptors (Lipinski definition) is 4. The maximum absolute atomic E-state index is 9.00. The second-order valence-corrected chi connectivity index (χ2v) is 3.95. The summed E-state index contributed by atoms with van der Waals surface area (Å²) in [5, 5.41) is 16.3. The number of carboxylic acid groups (broad SMARTS) is 1. The summed E-state index contributed by atoms with van der Waals surface area (Å²) >= 11 is 0. The molecule has 2 saturated heterocycles. The molecule has 0 radical (unpaired) electrons. The minimum Gasteiger partial charge on any atom is -0.481 e. The first-order valence-corrected chi connectivity index (χ1v) is 5.29. The Morgan fingerprint density at radius 1 is 1.60 bits per heavy atom. The Morgan fingerprint density at radius 3 is 2.87 bits per heavy atom. The number of ether oxygens (including phenoxy) is 1. The molecule has 2 N–H and O–H groups in total. The number of aliphatic hydroxyl groups excluding tert-OH is 1. The molecule has 2 fully saturated rings. The minimum atomic E-state index is -0.833. The van der Waals surface area contributed by atoms with Gasteiger partial charge in [-0.05, 0) is 19.4 Å². The fraction of sp³-hybridized carbons (Fsp3) is 0.900. The summed E-state index contributed by atoms with van der Waals surface area (Å²) in [6.07, 6.45) is 2.65. The Bertz CT molecular complexity index is 206. The molecule has 0 saturated carbocycles. The van der Waals surface area contributed by atoms with Crippen molar-refractivity contribution >= 4 is 5.97 Å². The van der Waals surface area contributed by atoms with Gasteiger partial charge in [-0.25, -0.2) is 0 Å². The average molecular weight is 217 g/mol. The zero-order chi connectivity index (χ0) is 11.3. The van der Waals surface area contributed by atoms with Crippen molar-refractivity contribution in [2.24, 2.45) is 0 Å². The molecule has 0 bridgehead atoms. The molecular weight excluding hydrogens is 198 g/mol. The number of hydrogen-bond donors (Lipinski definition) is 2. The predicted octanol–water partition coefficient (Wildman–Crippen LogP) is -0.0672. The number of nitrogens with zero attached hydrogens (tertiary/aromatic N) is 1. The Hall–Kier alpha value is -0.650. The lowest BCUT2D eigenvalue weighted by Gasteiger charge is -2.34. The van der Waals surface area contributed by atoms with Crippen molar-refractivity contribution < 1.29 is 19.7 Å². The van der Waals surface area contributed by atoms with Gasteiger partial charge in [0.25, 0.3) is 5.97 Å². The highest BCUT2D eigenvalue weighted by molar-refractivity contribution is 5.62. The van der Waals surface area contributed by atoms with Gasteiger partial charge in [0.2, 0.25) is 0 Å². The summed E-state index contributed by atoms with van der Waals surface area (Å²) in [6, 6.07) is 0.651. The fourth-order valence-corrected chi connectivity index (χ4v) is 2.00. The first-order chi connectivity index (χ1) is 7.13. The van der Waals surface area contributed by atoms with Gasteiger partial charge in [0, 0.05) is 19.5 Å². The summed E-state index contributed by atoms with van der Waals surface area (Å²) in [7, 11) is 0. The Balaban J connectivity index is 0.000000245. The molecule has 5 heteroatoms. The molecule has 15 heavy (non-hydrogen) atoms. The van der Waals surface area contributed by atoms with E-state index < -0.39 is 5.97 Å². The van der Waals surface area contributed by atoms with E-state index in [9.17, 15) is 0 Å². The summed E-state index contributed by atoms with van der Waals surface area (Å²) < 4.78 is 5.45. The van der Waals surface area contributed by atoms with Crippen LogP contribution in [-0.2, 0) is 9.53 Å². The fourth-order valence-electron chi connectivity index (χ4n) is 2.00. The summed E-state index contributed by atoms with van der Waals surface area (Å²) in [6.45, 7) is 4.21. The molecule has 2 rings (SSSR count). The van der Waals surface area contributed by atoms with Crippen molar-refractivity contribution in [3.05, 3.63) is 0 Å². The van der Waals surface area contributed by atoms with Gasteiger partial charge in [-0.3, -0.25) is 9.69 Å². The van der Waals surface area contributed by atoms with Crippen LogP contribution in [0.2, 0.25) is 0 Å². The first-order valence-electron chi connectivity index (χ1n) is 5.29. The van der Waals surface area contributed by atoms with Gasteiger partial charge in [0.05, 0.1) is 19.3 Å². The first kappa shape index (κ1) is 12.4. The maximum Gasteiger partial charge on any atom is 0.300 e. The summed E-state index contributed by atoms with van der Waals surface area (Å²) in [5.41, 5.74) is 0. The SMILES string of the molecule is CC(=O)O.OC[C@@H]1CN2CCC[C@H]2CO1. The molecule has 88 valence electrons. The van der Waals surface area contributed by atoms with Gasteiger partial charge in [0.1, 0.15) is 0 Å². The van der Waals surface area contributed by atoms with Crippen molar-refractivity contribution in [2.45, 2.75) is 31.9 Å². The Labute approximate surface area is 89.6 Å². The molecule has 0 unspecified atom stereocenters. The molecule has 0 aromatic carbocycles. The highest BCUT2D eigenvalue weighted by Gasteiger charge is 2.31. The molecule has 0 aromatic heterocycles. The Morgan fingerprint density at radius 2 is 2.27 bits per heavy atom. The molecular formula is C10H19NO4. The van der Waals surface area contributed by atoms with Crippen LogP contribution in [-0.4, -0.2) is 59.5 Å². The highest BCUT2D eigenvalue weighted by Crippen LogP contribution is 2.22. The molecule has 5 nitrogen and oxygen atoms in total. The summed E-state index contributed by atoms with van der Waals surface area (Å²) in [5.74, 6) is -0.833. The molecule has 0 amide bonds. The number of carboxylic acids is 1. The van der Waals surface area contributed by atoms with Crippen LogP contribution in [0, 0.1) is 0 Å². The third-order valence-corrected chi connectivity index (χ3v) is 2.67. The molecule has 2 aliphatic heterocycles. The lowest BCUT2D eigenvalue weighted by Crippen LogP contribution is -2.47. The van der Waals surface area contributed by atoms with Crippen LogP contribution in [0.4, 0.5) is 0 Å². The van der Waals surface area contributed by atoms with Crippen molar-refractivity contribution in [1.82, 2.24) is 4.90 Å². The van der Waals surface area contributed by atoms with Gasteiger partial charge in [-0.1, -0.05) is 0 Å². The van der Waals surface area contributed by atoms with Crippen LogP contribution < -0.4 is 0 Å². The van der Waals surface area contributed by atoms with Gasteiger partial charge in [0.15, 0.2) is 0 Å². The van der Waals surface area contributed by atoms with Crippen LogP contribution in [0.15, 0.2) is 0 Å². The average Bonchev–Trinajstić information content (AvgIpc) is 2.63. The lowest BCUT2D eigenvalue weighted by molar-refractivity contribution is -0.134. The number of morpholine rings is 1. The zero-order valence-corrected chi connectivity index (χ0v) is 9.06. The Kier molecular flexibility index (Phi) is 5.01. The minimum absolute atomic E-state index is 0.0735. The third kappa shape index (κ3) is 4.15. The molecule has 0 spiro atoms. The molecule has 2 aliphatic rings. The van der Waals surface area contributed by atoms with Gasteiger partial charge in [-0.2, -0.15) is 0 Å². The lowest BCUT2D eigenvalue weighted by atomic mass is 10.2. The largest absolute Gasteiger partial charge is 0.481 e. The summed E-state index contributed by atoms with van der Waals surface area (Å²) in [4.78, 5) is 11.4. The standard InChI is InChI=1S/C8H15NO2.C2H4O2/c10-5-8-4-9-3-1-2-7(9)6-11-8;1-2(3)4/h7-8,10H,1-6H2;1H3,(H,3,4)/t7-,8-;/m0./s1. The normalized spacial score (nSPS) is 30.3. The van der Waals surface area contributed by atoms with E-state index in [4.69, 9.17) is 19.7 Å². The topological polar surface area (TPSA) is 70.0 Å². The van der Waals surface area contributed by atoms with E-state index in [1.165, 1.54) is 19.4 Å². The number of fused-ring (bicyclic) bond motifs is 1. The number of aliphatic hydroxyl groups is 1. The van der Waals surface area contributed by atoms with E-state index in [0.29, 0.717) is 6.04 Å².